The molecule has 0 radical (unpaired) electrons. The van der Waals surface area contributed by atoms with Crippen LogP contribution in [0.5, 0.6) is 0 Å². The molecule has 0 heterocycles. The van der Waals surface area contributed by atoms with Gasteiger partial charge in [0.15, 0.2) is 0 Å². The Bertz CT molecular complexity index is 2230. The molecule has 244 valence electrons. The van der Waals surface area contributed by atoms with Crippen LogP contribution < -0.4 is 10.8 Å². The van der Waals surface area contributed by atoms with Gasteiger partial charge in [0.2, 0.25) is 0 Å². The second-order valence-corrected chi connectivity index (χ2v) is 12.7. The Hall–Kier alpha value is -5.46. The molecule has 50 heavy (non-hydrogen) atoms. The summed E-state index contributed by atoms with van der Waals surface area (Å²) in [6, 6.07) is 65.9. The van der Waals surface area contributed by atoms with E-state index in [0.29, 0.717) is 5.46 Å². The predicted molar refractivity (Wildman–Crippen MR) is 216 cm³/mol. The molecular weight excluding hydrogens is 677 g/mol. The average Bonchev–Trinajstić information content (AvgIpc) is 3.17. The summed E-state index contributed by atoms with van der Waals surface area (Å²) in [6.07, 6.45) is 1.01. The van der Waals surface area contributed by atoms with Crippen LogP contribution >= 0.6 is 15.9 Å². The summed E-state index contributed by atoms with van der Waals surface area (Å²) in [6.45, 7) is 0. The first kappa shape index (κ1) is 34.4. The van der Waals surface area contributed by atoms with E-state index in [9.17, 15) is 0 Å². The third-order valence-corrected chi connectivity index (χ3v) is 8.84. The molecular formula is C45H37BBrNO2. The topological polar surface area (TPSA) is 52.5 Å². The molecule has 0 bridgehead atoms. The van der Waals surface area contributed by atoms with Crippen LogP contribution in [0.2, 0.25) is 0 Å². The average molecular weight is 715 g/mol. The first-order valence-corrected chi connectivity index (χ1v) is 17.4. The van der Waals surface area contributed by atoms with Gasteiger partial charge in [-0.15, -0.1) is 0 Å². The number of fused-ring (bicyclic) bond motifs is 2. The highest BCUT2D eigenvalue weighted by molar-refractivity contribution is 9.10. The first-order chi connectivity index (χ1) is 24.5. The van der Waals surface area contributed by atoms with Crippen LogP contribution in [0.3, 0.4) is 0 Å². The Kier molecular flexibility index (Phi) is 11.9. The Morgan fingerprint density at radius 2 is 0.940 bits per heavy atom. The van der Waals surface area contributed by atoms with Gasteiger partial charge in [0.05, 0.1) is 0 Å². The summed E-state index contributed by atoms with van der Waals surface area (Å²) in [5.74, 6) is 0. The molecule has 5 heteroatoms. The molecule has 0 fully saturated rings. The van der Waals surface area contributed by atoms with Gasteiger partial charge in [-0.2, -0.15) is 0 Å². The Labute approximate surface area is 302 Å². The largest absolute Gasteiger partial charge is 0.489 e. The Morgan fingerprint density at radius 1 is 0.440 bits per heavy atom. The van der Waals surface area contributed by atoms with E-state index < -0.39 is 7.12 Å². The minimum absolute atomic E-state index is 0.554. The molecule has 0 saturated carbocycles. The minimum Gasteiger partial charge on any atom is -0.423 e. The standard InChI is InChI=1S/C22H17N.C13H11Br.C10H9BO2/c1-2-9-19(10-3-1)23-20-15-13-18(14-16-20)22-12-6-8-17-7-4-5-11-21(17)22;14-13-8-6-12(7-9-13)10-11-4-2-1-3-5-11;12-11(13)10-7-3-5-8-4-1-2-6-9(8)10/h1-16,23H;1-9H,10H2;1-7,12-13H. The van der Waals surface area contributed by atoms with Crippen molar-refractivity contribution in [3.8, 4) is 11.1 Å². The van der Waals surface area contributed by atoms with Crippen LogP contribution in [-0.2, 0) is 6.42 Å². The van der Waals surface area contributed by atoms with Crippen molar-refractivity contribution in [1.82, 2.24) is 0 Å². The molecule has 3 N–H and O–H groups in total. The van der Waals surface area contributed by atoms with Gasteiger partial charge >= 0.3 is 7.12 Å². The summed E-state index contributed by atoms with van der Waals surface area (Å²) in [4.78, 5) is 0. The number of nitrogens with one attached hydrogen (secondary N) is 1. The van der Waals surface area contributed by atoms with E-state index in [2.05, 4.69) is 149 Å². The SMILES string of the molecule is Brc1ccc(Cc2ccccc2)cc1.OB(O)c1cccc2ccccc12.c1ccc(Nc2ccc(-c3cccc4ccccc34)cc2)cc1. The number of para-hydroxylation sites is 1. The number of halogens is 1. The molecule has 0 aliphatic heterocycles. The molecule has 0 saturated heterocycles. The molecule has 0 aliphatic rings. The van der Waals surface area contributed by atoms with Gasteiger partial charge in [-0.1, -0.05) is 174 Å². The van der Waals surface area contributed by atoms with Gasteiger partial charge in [0, 0.05) is 15.8 Å². The molecule has 0 unspecified atom stereocenters. The van der Waals surface area contributed by atoms with Crippen molar-refractivity contribution < 1.29 is 10.0 Å². The third-order valence-electron chi connectivity index (χ3n) is 8.31. The third kappa shape index (κ3) is 9.37. The van der Waals surface area contributed by atoms with Gasteiger partial charge in [0.1, 0.15) is 0 Å². The second-order valence-electron chi connectivity index (χ2n) is 11.8. The molecule has 0 amide bonds. The zero-order valence-electron chi connectivity index (χ0n) is 27.5. The molecule has 0 atom stereocenters. The fourth-order valence-electron chi connectivity index (χ4n) is 5.81. The Balaban J connectivity index is 0.000000138. The van der Waals surface area contributed by atoms with Gasteiger partial charge in [-0.3, -0.25) is 0 Å². The molecule has 8 aromatic carbocycles. The highest BCUT2D eigenvalue weighted by Gasteiger charge is 2.13. The summed E-state index contributed by atoms with van der Waals surface area (Å²) in [5, 5.41) is 26.0. The zero-order valence-corrected chi connectivity index (χ0v) is 29.1. The molecule has 8 rings (SSSR count). The predicted octanol–water partition coefficient (Wildman–Crippen LogP) is 10.8. The second kappa shape index (κ2) is 17.3. The van der Waals surface area contributed by atoms with Crippen LogP contribution in [0, 0.1) is 0 Å². The van der Waals surface area contributed by atoms with Gasteiger partial charge in [-0.25, -0.2) is 0 Å². The maximum atomic E-state index is 9.08. The van der Waals surface area contributed by atoms with Gasteiger partial charge in [-0.05, 0) is 92.1 Å². The molecule has 8 aromatic rings. The van der Waals surface area contributed by atoms with E-state index in [1.807, 2.05) is 60.7 Å². The monoisotopic (exact) mass is 713 g/mol. The maximum Gasteiger partial charge on any atom is 0.489 e. The zero-order chi connectivity index (χ0) is 34.5. The number of rotatable bonds is 6. The van der Waals surface area contributed by atoms with E-state index in [1.54, 1.807) is 6.07 Å². The van der Waals surface area contributed by atoms with E-state index in [0.717, 1.165) is 33.0 Å². The van der Waals surface area contributed by atoms with Crippen molar-refractivity contribution in [2.45, 2.75) is 6.42 Å². The quantitative estimate of drug-likeness (QED) is 0.150. The first-order valence-electron chi connectivity index (χ1n) is 16.6. The van der Waals surface area contributed by atoms with Crippen molar-refractivity contribution in [3.63, 3.8) is 0 Å². The van der Waals surface area contributed by atoms with Crippen molar-refractivity contribution in [2.24, 2.45) is 0 Å². The Morgan fingerprint density at radius 3 is 1.60 bits per heavy atom. The van der Waals surface area contributed by atoms with Crippen LogP contribution in [0.1, 0.15) is 11.1 Å². The molecule has 0 spiro atoms. The maximum absolute atomic E-state index is 9.08. The highest BCUT2D eigenvalue weighted by Crippen LogP contribution is 2.30. The van der Waals surface area contributed by atoms with E-state index in [1.165, 1.54) is 33.0 Å². The normalized spacial score (nSPS) is 10.4. The molecule has 0 aromatic heterocycles. The fourth-order valence-corrected chi connectivity index (χ4v) is 6.07. The lowest BCUT2D eigenvalue weighted by molar-refractivity contribution is 0.426. The van der Waals surface area contributed by atoms with Crippen molar-refractivity contribution >= 4 is 61.4 Å². The van der Waals surface area contributed by atoms with Crippen molar-refractivity contribution in [1.29, 1.82) is 0 Å². The van der Waals surface area contributed by atoms with Crippen LogP contribution in [0.25, 0.3) is 32.7 Å². The van der Waals surface area contributed by atoms with Gasteiger partial charge in [0.25, 0.3) is 0 Å². The number of anilines is 2. The smallest absolute Gasteiger partial charge is 0.423 e. The van der Waals surface area contributed by atoms with E-state index in [4.69, 9.17) is 10.0 Å². The number of hydrogen-bond acceptors (Lipinski definition) is 3. The van der Waals surface area contributed by atoms with Crippen LogP contribution in [0.4, 0.5) is 11.4 Å². The highest BCUT2D eigenvalue weighted by atomic mass is 79.9. The lowest BCUT2D eigenvalue weighted by Gasteiger charge is -2.09. The van der Waals surface area contributed by atoms with E-state index in [-0.39, 0.29) is 0 Å². The fraction of sp³-hybridized carbons (Fsp3) is 0.0222. The molecule has 0 aliphatic carbocycles. The van der Waals surface area contributed by atoms with E-state index >= 15 is 0 Å². The summed E-state index contributed by atoms with van der Waals surface area (Å²) >= 11 is 3.43. The summed E-state index contributed by atoms with van der Waals surface area (Å²) in [5.41, 5.74) is 7.97. The molecule has 3 nitrogen and oxygen atoms in total. The summed E-state index contributed by atoms with van der Waals surface area (Å²) < 4.78 is 1.13. The lowest BCUT2D eigenvalue weighted by atomic mass is 9.77. The van der Waals surface area contributed by atoms with Crippen molar-refractivity contribution in [3.05, 3.63) is 210 Å². The van der Waals surface area contributed by atoms with Crippen molar-refractivity contribution in [2.75, 3.05) is 5.32 Å². The van der Waals surface area contributed by atoms with Gasteiger partial charge < -0.3 is 15.4 Å². The summed E-state index contributed by atoms with van der Waals surface area (Å²) in [7, 11) is -1.40. The minimum atomic E-state index is -1.40. The number of benzene rings is 8. The number of hydrogen-bond donors (Lipinski definition) is 3. The lowest BCUT2D eigenvalue weighted by Crippen LogP contribution is -2.30. The van der Waals surface area contributed by atoms with Crippen LogP contribution in [-0.4, -0.2) is 17.2 Å². The van der Waals surface area contributed by atoms with Crippen LogP contribution in [0.15, 0.2) is 199 Å².